The summed E-state index contributed by atoms with van der Waals surface area (Å²) in [4.78, 5) is 34.8. The maximum Gasteiger partial charge on any atom is 0.300 e. The van der Waals surface area contributed by atoms with E-state index < -0.39 is 0 Å². The van der Waals surface area contributed by atoms with Crippen LogP contribution in [0.5, 0.6) is 0 Å². The summed E-state index contributed by atoms with van der Waals surface area (Å²) in [5.41, 5.74) is 3.06. The summed E-state index contributed by atoms with van der Waals surface area (Å²) in [6.45, 7) is 6.40. The third-order valence-corrected chi connectivity index (χ3v) is 7.76. The first-order valence-corrected chi connectivity index (χ1v) is 13.5. The Morgan fingerprint density at radius 3 is 2.79 bits per heavy atom. The number of aromatic nitrogens is 5. The highest BCUT2D eigenvalue weighted by atomic mass is 16.5. The smallest absolute Gasteiger partial charge is 0.300 e. The molecule has 0 bridgehead atoms. The van der Waals surface area contributed by atoms with Crippen molar-refractivity contribution in [3.63, 3.8) is 0 Å². The number of carbonyl (C=O) groups excluding carboxylic acids is 1. The molecule has 4 aromatic rings. The highest BCUT2D eigenvalue weighted by molar-refractivity contribution is 6.08. The van der Waals surface area contributed by atoms with Crippen molar-refractivity contribution in [2.24, 2.45) is 7.05 Å². The number of piperazine rings is 1. The van der Waals surface area contributed by atoms with E-state index in [9.17, 15) is 4.79 Å². The van der Waals surface area contributed by atoms with Gasteiger partial charge in [-0.1, -0.05) is 6.07 Å². The summed E-state index contributed by atoms with van der Waals surface area (Å²) >= 11 is 0. The zero-order chi connectivity index (χ0) is 26.3. The van der Waals surface area contributed by atoms with Crippen molar-refractivity contribution in [3.05, 3.63) is 42.2 Å². The van der Waals surface area contributed by atoms with Gasteiger partial charge in [-0.05, 0) is 31.5 Å². The molecule has 12 nitrogen and oxygen atoms in total. The fourth-order valence-electron chi connectivity index (χ4n) is 5.73. The third-order valence-electron chi connectivity index (χ3n) is 7.76. The maximum absolute atomic E-state index is 13.8. The second-order valence-electron chi connectivity index (χ2n) is 10.3. The van der Waals surface area contributed by atoms with Gasteiger partial charge < -0.3 is 24.3 Å². The van der Waals surface area contributed by atoms with Crippen molar-refractivity contribution in [1.82, 2.24) is 29.6 Å². The van der Waals surface area contributed by atoms with Crippen LogP contribution in [-0.2, 0) is 11.8 Å². The highest BCUT2D eigenvalue weighted by Gasteiger charge is 2.33. The van der Waals surface area contributed by atoms with E-state index in [1.807, 2.05) is 25.4 Å². The van der Waals surface area contributed by atoms with Crippen molar-refractivity contribution in [1.29, 1.82) is 0 Å². The van der Waals surface area contributed by atoms with E-state index in [2.05, 4.69) is 30.1 Å². The zero-order valence-electron chi connectivity index (χ0n) is 21.9. The minimum atomic E-state index is -0.284. The van der Waals surface area contributed by atoms with Gasteiger partial charge >= 0.3 is 0 Å². The van der Waals surface area contributed by atoms with Crippen LogP contribution in [0.2, 0.25) is 0 Å². The number of nitrogens with one attached hydrogen (secondary N) is 1. The SMILES string of the molecule is Cn1cc(-c2cccc(NC(=O)c3cc4oc(N5CCOCC5)nc4nc3N3CCN4CCC[C@@H]4C3)n2)cn1. The zero-order valence-corrected chi connectivity index (χ0v) is 21.9. The molecule has 3 fully saturated rings. The fraction of sp³-hybridized carbons (Fsp3) is 0.444. The average Bonchev–Trinajstić information content (AvgIpc) is 3.72. The van der Waals surface area contributed by atoms with Gasteiger partial charge in [0.25, 0.3) is 11.9 Å². The molecular formula is C27H31N9O3. The second kappa shape index (κ2) is 9.93. The predicted octanol–water partition coefficient (Wildman–Crippen LogP) is 2.39. The van der Waals surface area contributed by atoms with Gasteiger partial charge in [-0.3, -0.25) is 14.4 Å². The lowest BCUT2D eigenvalue weighted by Crippen LogP contribution is -2.50. The molecule has 3 saturated heterocycles. The largest absolute Gasteiger partial charge is 0.422 e. The van der Waals surface area contributed by atoms with Crippen LogP contribution in [0, 0.1) is 0 Å². The van der Waals surface area contributed by atoms with Gasteiger partial charge in [-0.25, -0.2) is 9.97 Å². The predicted molar refractivity (Wildman–Crippen MR) is 146 cm³/mol. The Morgan fingerprint density at radius 2 is 1.95 bits per heavy atom. The number of anilines is 3. The van der Waals surface area contributed by atoms with Crippen LogP contribution in [0.3, 0.4) is 0 Å². The van der Waals surface area contributed by atoms with Crippen molar-refractivity contribution < 1.29 is 13.9 Å². The monoisotopic (exact) mass is 529 g/mol. The summed E-state index contributed by atoms with van der Waals surface area (Å²) in [5.74, 6) is 0.810. The van der Waals surface area contributed by atoms with Crippen molar-refractivity contribution in [2.45, 2.75) is 18.9 Å². The summed E-state index contributed by atoms with van der Waals surface area (Å²) < 4.78 is 13.3. The lowest BCUT2D eigenvalue weighted by molar-refractivity contribution is 0.102. The summed E-state index contributed by atoms with van der Waals surface area (Å²) in [5, 5.41) is 7.22. The van der Waals surface area contributed by atoms with Gasteiger partial charge in [0.05, 0.1) is 30.7 Å². The number of oxazole rings is 1. The Kier molecular flexibility index (Phi) is 6.12. The number of ether oxygens (including phenoxy) is 1. The molecule has 12 heteroatoms. The standard InChI is InChI=1S/C27H31N9O3/c1-33-16-18(15-28-33)21-5-2-6-23(29-21)30-26(37)20-14-22-24(32-27(39-22)35-10-12-38-13-11-35)31-25(20)36-9-8-34-7-3-4-19(34)17-36/h2,5-6,14-16,19H,3-4,7-13,17H2,1H3,(H,29,30,37)/t19-/m1/s1. The number of pyridine rings is 2. The molecule has 7 heterocycles. The van der Waals surface area contributed by atoms with E-state index >= 15 is 0 Å². The van der Waals surface area contributed by atoms with Crippen LogP contribution in [0.25, 0.3) is 22.5 Å². The van der Waals surface area contributed by atoms with Crippen molar-refractivity contribution in [2.75, 3.05) is 67.6 Å². The minimum absolute atomic E-state index is 0.284. The van der Waals surface area contributed by atoms with Crippen LogP contribution in [0.4, 0.5) is 17.7 Å². The molecule has 39 heavy (non-hydrogen) atoms. The molecule has 1 atom stereocenters. The van der Waals surface area contributed by atoms with Gasteiger partial charge in [0.2, 0.25) is 5.65 Å². The van der Waals surface area contributed by atoms with Crippen molar-refractivity contribution >= 4 is 34.8 Å². The van der Waals surface area contributed by atoms with Crippen LogP contribution in [0.1, 0.15) is 23.2 Å². The summed E-state index contributed by atoms with van der Waals surface area (Å²) in [7, 11) is 1.86. The maximum atomic E-state index is 13.8. The molecule has 0 aliphatic carbocycles. The molecule has 0 aromatic carbocycles. The lowest BCUT2D eigenvalue weighted by Gasteiger charge is -2.38. The van der Waals surface area contributed by atoms with Crippen LogP contribution < -0.4 is 15.1 Å². The van der Waals surface area contributed by atoms with E-state index in [-0.39, 0.29) is 5.91 Å². The Bertz CT molecular complexity index is 1510. The number of morpholine rings is 1. The molecule has 0 unspecified atom stereocenters. The fourth-order valence-corrected chi connectivity index (χ4v) is 5.73. The third kappa shape index (κ3) is 4.70. The molecule has 3 aliphatic rings. The van der Waals surface area contributed by atoms with E-state index in [1.54, 1.807) is 23.0 Å². The van der Waals surface area contributed by atoms with Crippen LogP contribution >= 0.6 is 0 Å². The number of hydrogen-bond donors (Lipinski definition) is 1. The number of aryl methyl sites for hydroxylation is 1. The number of rotatable bonds is 5. The molecular weight excluding hydrogens is 498 g/mol. The van der Waals surface area contributed by atoms with Gasteiger partial charge in [0.1, 0.15) is 11.6 Å². The average molecular weight is 530 g/mol. The number of nitrogens with zero attached hydrogens (tertiary/aromatic N) is 8. The number of hydrogen-bond acceptors (Lipinski definition) is 10. The normalized spacial score (nSPS) is 20.0. The highest BCUT2D eigenvalue weighted by Crippen LogP contribution is 2.31. The molecule has 3 aliphatic heterocycles. The molecule has 7 rings (SSSR count). The molecule has 0 spiro atoms. The number of amides is 1. The van der Waals surface area contributed by atoms with Gasteiger partial charge in [-0.2, -0.15) is 10.1 Å². The van der Waals surface area contributed by atoms with E-state index in [4.69, 9.17) is 19.1 Å². The van der Waals surface area contributed by atoms with Gasteiger partial charge in [0, 0.05) is 63.6 Å². The molecule has 202 valence electrons. The first kappa shape index (κ1) is 24.0. The van der Waals surface area contributed by atoms with E-state index in [0.29, 0.717) is 66.8 Å². The Morgan fingerprint density at radius 1 is 1.05 bits per heavy atom. The topological polar surface area (TPSA) is 118 Å². The Hall–Kier alpha value is -4.03. The Balaban J connectivity index is 1.23. The molecule has 1 amide bonds. The van der Waals surface area contributed by atoms with Crippen LogP contribution in [-0.4, -0.2) is 94.1 Å². The lowest BCUT2D eigenvalue weighted by atomic mass is 10.1. The van der Waals surface area contributed by atoms with E-state index in [0.717, 1.165) is 43.9 Å². The minimum Gasteiger partial charge on any atom is -0.422 e. The van der Waals surface area contributed by atoms with E-state index in [1.165, 1.54) is 6.42 Å². The van der Waals surface area contributed by atoms with Gasteiger partial charge in [0.15, 0.2) is 5.58 Å². The number of fused-ring (bicyclic) bond motifs is 2. The quantitative estimate of drug-likeness (QED) is 0.413. The first-order chi connectivity index (χ1) is 19.1. The molecule has 4 aromatic heterocycles. The van der Waals surface area contributed by atoms with Gasteiger partial charge in [-0.15, -0.1) is 0 Å². The van der Waals surface area contributed by atoms with Crippen LogP contribution in [0.15, 0.2) is 41.1 Å². The number of carbonyl (C=O) groups is 1. The Labute approximate surface area is 225 Å². The second-order valence-corrected chi connectivity index (χ2v) is 10.3. The summed E-state index contributed by atoms with van der Waals surface area (Å²) in [6, 6.07) is 8.32. The molecule has 1 N–H and O–H groups in total. The first-order valence-electron chi connectivity index (χ1n) is 13.5. The molecule has 0 radical (unpaired) electrons. The summed E-state index contributed by atoms with van der Waals surface area (Å²) in [6.07, 6.45) is 6.02. The van der Waals surface area contributed by atoms with Crippen molar-refractivity contribution in [3.8, 4) is 11.3 Å². The molecule has 0 saturated carbocycles.